The van der Waals surface area contributed by atoms with Crippen LogP contribution in [0.25, 0.3) is 0 Å². The molecule has 0 aliphatic heterocycles. The van der Waals surface area contributed by atoms with Crippen LogP contribution in [-0.4, -0.2) is 32.8 Å². The van der Waals surface area contributed by atoms with Crippen molar-refractivity contribution in [2.24, 2.45) is 5.92 Å². The maximum atomic E-state index is 11.6. The van der Waals surface area contributed by atoms with Crippen molar-refractivity contribution in [1.82, 2.24) is 15.1 Å². The van der Waals surface area contributed by atoms with E-state index in [9.17, 15) is 9.59 Å². The Bertz CT molecular complexity index is 412. The molecule has 17 heavy (non-hydrogen) atoms. The van der Waals surface area contributed by atoms with Crippen molar-refractivity contribution >= 4 is 11.9 Å². The molecule has 0 aliphatic rings. The summed E-state index contributed by atoms with van der Waals surface area (Å²) in [5, 5.41) is 15.3. The maximum absolute atomic E-state index is 11.6. The molecule has 94 valence electrons. The minimum Gasteiger partial charge on any atom is -0.478 e. The van der Waals surface area contributed by atoms with Crippen LogP contribution in [0.4, 0.5) is 0 Å². The Kier molecular flexibility index (Phi) is 4.25. The fourth-order valence-electron chi connectivity index (χ4n) is 1.17. The van der Waals surface area contributed by atoms with Gasteiger partial charge in [0.15, 0.2) is 0 Å². The second-order valence-electron chi connectivity index (χ2n) is 4.33. The maximum Gasteiger partial charge on any atom is 0.338 e. The van der Waals surface area contributed by atoms with Crippen molar-refractivity contribution in [3.05, 3.63) is 18.0 Å². The minimum absolute atomic E-state index is 0.0321. The number of amides is 1. The van der Waals surface area contributed by atoms with E-state index in [1.54, 1.807) is 0 Å². The van der Waals surface area contributed by atoms with Gasteiger partial charge in [-0.15, -0.1) is 0 Å². The van der Waals surface area contributed by atoms with Crippen LogP contribution in [0.15, 0.2) is 12.4 Å². The number of nitrogens with one attached hydrogen (secondary N) is 1. The van der Waals surface area contributed by atoms with Gasteiger partial charge in [0.25, 0.3) is 0 Å². The summed E-state index contributed by atoms with van der Waals surface area (Å²) in [4.78, 5) is 22.2. The number of rotatable bonds is 5. The summed E-state index contributed by atoms with van der Waals surface area (Å²) in [7, 11) is 0. The standard InChI is InChI=1S/C11H17N3O3/c1-7(2)8(3)13-10(15)6-14-5-9(4-12-14)11(16)17/h4-5,7-8H,6H2,1-3H3,(H,13,15)(H,16,17). The van der Waals surface area contributed by atoms with Gasteiger partial charge in [0.2, 0.25) is 5.91 Å². The Hall–Kier alpha value is -1.85. The number of hydrogen-bond acceptors (Lipinski definition) is 3. The van der Waals surface area contributed by atoms with Gasteiger partial charge in [-0.05, 0) is 12.8 Å². The molecule has 1 aromatic heterocycles. The first-order valence-corrected chi connectivity index (χ1v) is 5.45. The van der Waals surface area contributed by atoms with Crippen LogP contribution in [0.1, 0.15) is 31.1 Å². The fourth-order valence-corrected chi connectivity index (χ4v) is 1.17. The van der Waals surface area contributed by atoms with Gasteiger partial charge in [0, 0.05) is 12.2 Å². The molecular weight excluding hydrogens is 222 g/mol. The number of hydrogen-bond donors (Lipinski definition) is 2. The first-order valence-electron chi connectivity index (χ1n) is 5.45. The minimum atomic E-state index is -1.05. The summed E-state index contributed by atoms with van der Waals surface area (Å²) in [5.74, 6) is -0.871. The normalized spacial score (nSPS) is 12.5. The average molecular weight is 239 g/mol. The molecule has 0 bridgehead atoms. The number of carbonyl (C=O) groups excluding carboxylic acids is 1. The van der Waals surface area contributed by atoms with Gasteiger partial charge < -0.3 is 10.4 Å². The van der Waals surface area contributed by atoms with Gasteiger partial charge in [0.1, 0.15) is 6.54 Å². The number of carboxylic acids is 1. The second kappa shape index (κ2) is 5.47. The number of aromatic carboxylic acids is 1. The lowest BCUT2D eigenvalue weighted by Crippen LogP contribution is -2.38. The largest absolute Gasteiger partial charge is 0.478 e. The highest BCUT2D eigenvalue weighted by Crippen LogP contribution is 2.00. The predicted molar refractivity (Wildman–Crippen MR) is 61.6 cm³/mol. The molecule has 0 aliphatic carbocycles. The molecule has 2 N–H and O–H groups in total. The Morgan fingerprint density at radius 1 is 1.47 bits per heavy atom. The second-order valence-corrected chi connectivity index (χ2v) is 4.33. The highest BCUT2D eigenvalue weighted by Gasteiger charge is 2.12. The van der Waals surface area contributed by atoms with Crippen LogP contribution in [-0.2, 0) is 11.3 Å². The third-order valence-corrected chi connectivity index (χ3v) is 2.57. The molecule has 1 aromatic rings. The predicted octanol–water partition coefficient (Wildman–Crippen LogP) is 0.742. The lowest BCUT2D eigenvalue weighted by molar-refractivity contribution is -0.122. The highest BCUT2D eigenvalue weighted by atomic mass is 16.4. The number of carbonyl (C=O) groups is 2. The zero-order chi connectivity index (χ0) is 13.0. The van der Waals surface area contributed by atoms with E-state index < -0.39 is 5.97 Å². The van der Waals surface area contributed by atoms with Crippen molar-refractivity contribution in [3.8, 4) is 0 Å². The number of carboxylic acid groups (broad SMARTS) is 1. The van der Waals surface area contributed by atoms with Gasteiger partial charge in [-0.25, -0.2) is 4.79 Å². The van der Waals surface area contributed by atoms with Crippen LogP contribution < -0.4 is 5.32 Å². The Morgan fingerprint density at radius 2 is 2.12 bits per heavy atom. The van der Waals surface area contributed by atoms with E-state index in [-0.39, 0.29) is 24.1 Å². The van der Waals surface area contributed by atoms with Gasteiger partial charge in [0.05, 0.1) is 11.8 Å². The first kappa shape index (κ1) is 13.2. The third kappa shape index (κ3) is 3.90. The lowest BCUT2D eigenvalue weighted by Gasteiger charge is -2.17. The van der Waals surface area contributed by atoms with Gasteiger partial charge in [-0.1, -0.05) is 13.8 Å². The third-order valence-electron chi connectivity index (χ3n) is 2.57. The smallest absolute Gasteiger partial charge is 0.338 e. The van der Waals surface area contributed by atoms with Crippen molar-refractivity contribution in [2.45, 2.75) is 33.4 Å². The summed E-state index contributed by atoms with van der Waals surface area (Å²) in [6.07, 6.45) is 2.56. The van der Waals surface area contributed by atoms with Crippen molar-refractivity contribution in [2.75, 3.05) is 0 Å². The zero-order valence-corrected chi connectivity index (χ0v) is 10.2. The number of nitrogens with zero attached hydrogens (tertiary/aromatic N) is 2. The summed E-state index contributed by atoms with van der Waals surface area (Å²) in [5.41, 5.74) is 0.0784. The van der Waals surface area contributed by atoms with E-state index in [2.05, 4.69) is 10.4 Å². The van der Waals surface area contributed by atoms with Crippen LogP contribution in [0.2, 0.25) is 0 Å². The molecule has 1 rings (SSSR count). The molecule has 0 fully saturated rings. The van der Waals surface area contributed by atoms with Gasteiger partial charge >= 0.3 is 5.97 Å². The topological polar surface area (TPSA) is 84.2 Å². The Balaban J connectivity index is 2.53. The Labute approximate surface area is 99.6 Å². The van der Waals surface area contributed by atoms with Crippen LogP contribution in [0, 0.1) is 5.92 Å². The summed E-state index contributed by atoms with van der Waals surface area (Å²) in [6, 6.07) is 0.0806. The Morgan fingerprint density at radius 3 is 2.59 bits per heavy atom. The van der Waals surface area contributed by atoms with E-state index in [4.69, 9.17) is 5.11 Å². The fraction of sp³-hybridized carbons (Fsp3) is 0.545. The highest BCUT2D eigenvalue weighted by molar-refractivity contribution is 5.87. The summed E-state index contributed by atoms with van der Waals surface area (Å²) < 4.78 is 1.31. The first-order chi connectivity index (χ1) is 7.90. The van der Waals surface area contributed by atoms with E-state index in [0.29, 0.717) is 5.92 Å². The molecule has 0 aromatic carbocycles. The van der Waals surface area contributed by atoms with Crippen molar-refractivity contribution in [1.29, 1.82) is 0 Å². The molecule has 1 heterocycles. The molecule has 0 saturated heterocycles. The van der Waals surface area contributed by atoms with Gasteiger partial charge in [-0.3, -0.25) is 9.48 Å². The van der Waals surface area contributed by atoms with Crippen molar-refractivity contribution in [3.63, 3.8) is 0 Å². The van der Waals surface area contributed by atoms with E-state index in [0.717, 1.165) is 0 Å². The molecule has 6 nitrogen and oxygen atoms in total. The van der Waals surface area contributed by atoms with Crippen LogP contribution in [0.3, 0.4) is 0 Å². The van der Waals surface area contributed by atoms with Crippen LogP contribution in [0.5, 0.6) is 0 Å². The van der Waals surface area contributed by atoms with Crippen LogP contribution >= 0.6 is 0 Å². The average Bonchev–Trinajstić information content (AvgIpc) is 2.65. The lowest BCUT2D eigenvalue weighted by atomic mass is 10.1. The van der Waals surface area contributed by atoms with E-state index >= 15 is 0 Å². The SMILES string of the molecule is CC(C)C(C)NC(=O)Cn1cc(C(=O)O)cn1. The molecule has 0 spiro atoms. The van der Waals surface area contributed by atoms with E-state index in [1.165, 1.54) is 17.1 Å². The van der Waals surface area contributed by atoms with Gasteiger partial charge in [-0.2, -0.15) is 5.10 Å². The van der Waals surface area contributed by atoms with Crippen molar-refractivity contribution < 1.29 is 14.7 Å². The molecule has 1 amide bonds. The molecule has 1 atom stereocenters. The molecule has 0 radical (unpaired) electrons. The molecule has 1 unspecified atom stereocenters. The van der Waals surface area contributed by atoms with E-state index in [1.807, 2.05) is 20.8 Å². The molecular formula is C11H17N3O3. The summed E-state index contributed by atoms with van der Waals surface area (Å²) in [6.45, 7) is 5.99. The zero-order valence-electron chi connectivity index (χ0n) is 10.2. The summed E-state index contributed by atoms with van der Waals surface area (Å²) >= 11 is 0. The molecule has 0 saturated carbocycles. The number of aromatic nitrogens is 2. The molecule has 6 heteroatoms. The monoisotopic (exact) mass is 239 g/mol. The quantitative estimate of drug-likeness (QED) is 0.793.